The van der Waals surface area contributed by atoms with Crippen molar-refractivity contribution in [2.45, 2.75) is 58.9 Å². The van der Waals surface area contributed by atoms with Crippen LogP contribution < -0.4 is 11.1 Å². The molecule has 0 aromatic carbocycles. The molecule has 0 bridgehead atoms. The molecule has 0 heterocycles. The summed E-state index contributed by atoms with van der Waals surface area (Å²) in [6.07, 6.45) is 5.08. The normalized spacial score (nSPS) is 24.4. The zero-order valence-corrected chi connectivity index (χ0v) is 10.9. The second kappa shape index (κ2) is 4.84. The maximum Gasteiger partial charge on any atom is 0.0304 e. The standard InChI is InChI=1S/C13H28N2/c1-11(2)9-15-13(10-14)7-5-12(3,4)6-8-13/h11,15H,5-10,14H2,1-4H3. The van der Waals surface area contributed by atoms with E-state index in [-0.39, 0.29) is 5.54 Å². The van der Waals surface area contributed by atoms with Crippen LogP contribution in [0.2, 0.25) is 0 Å². The molecule has 1 aliphatic carbocycles. The lowest BCUT2D eigenvalue weighted by atomic mass is 9.69. The SMILES string of the molecule is CC(C)CNC1(CN)CCC(C)(C)CC1. The highest BCUT2D eigenvalue weighted by Gasteiger charge is 2.36. The van der Waals surface area contributed by atoms with Gasteiger partial charge in [-0.3, -0.25) is 0 Å². The zero-order valence-electron chi connectivity index (χ0n) is 10.9. The Hall–Kier alpha value is -0.0800. The van der Waals surface area contributed by atoms with E-state index in [1.165, 1.54) is 25.7 Å². The van der Waals surface area contributed by atoms with Crippen LogP contribution >= 0.6 is 0 Å². The Kier molecular flexibility index (Phi) is 4.19. The van der Waals surface area contributed by atoms with Crippen LogP contribution in [0.3, 0.4) is 0 Å². The first-order valence-electron chi connectivity index (χ1n) is 6.34. The van der Waals surface area contributed by atoms with Crippen molar-refractivity contribution in [3.8, 4) is 0 Å². The second-order valence-electron chi connectivity index (χ2n) is 6.42. The first-order chi connectivity index (χ1) is 6.89. The molecule has 0 spiro atoms. The van der Waals surface area contributed by atoms with Crippen molar-refractivity contribution in [2.24, 2.45) is 17.1 Å². The zero-order chi connectivity index (χ0) is 11.5. The molecule has 0 saturated heterocycles. The summed E-state index contributed by atoms with van der Waals surface area (Å²) >= 11 is 0. The van der Waals surface area contributed by atoms with E-state index >= 15 is 0 Å². The molecule has 15 heavy (non-hydrogen) atoms. The monoisotopic (exact) mass is 212 g/mol. The van der Waals surface area contributed by atoms with Gasteiger partial charge in [0.2, 0.25) is 0 Å². The molecule has 0 aromatic heterocycles. The molecule has 0 unspecified atom stereocenters. The maximum atomic E-state index is 5.95. The number of hydrogen-bond donors (Lipinski definition) is 2. The van der Waals surface area contributed by atoms with Gasteiger partial charge >= 0.3 is 0 Å². The minimum Gasteiger partial charge on any atom is -0.329 e. The fraction of sp³-hybridized carbons (Fsp3) is 1.00. The fourth-order valence-electron chi connectivity index (χ4n) is 2.28. The highest BCUT2D eigenvalue weighted by Crippen LogP contribution is 2.39. The van der Waals surface area contributed by atoms with E-state index in [0.29, 0.717) is 11.3 Å². The lowest BCUT2D eigenvalue weighted by Crippen LogP contribution is -2.55. The van der Waals surface area contributed by atoms with Crippen LogP contribution in [-0.4, -0.2) is 18.6 Å². The van der Waals surface area contributed by atoms with E-state index in [2.05, 4.69) is 33.0 Å². The van der Waals surface area contributed by atoms with Crippen molar-refractivity contribution in [2.75, 3.05) is 13.1 Å². The predicted molar refractivity (Wildman–Crippen MR) is 66.9 cm³/mol. The molecule has 0 atom stereocenters. The third-order valence-electron chi connectivity index (χ3n) is 3.84. The summed E-state index contributed by atoms with van der Waals surface area (Å²) in [4.78, 5) is 0. The van der Waals surface area contributed by atoms with Gasteiger partial charge in [0.25, 0.3) is 0 Å². The highest BCUT2D eigenvalue weighted by atomic mass is 15.0. The minimum absolute atomic E-state index is 0.236. The number of rotatable bonds is 4. The van der Waals surface area contributed by atoms with Crippen molar-refractivity contribution in [3.05, 3.63) is 0 Å². The molecular formula is C13H28N2. The molecular weight excluding hydrogens is 184 g/mol. The van der Waals surface area contributed by atoms with E-state index in [1.54, 1.807) is 0 Å². The molecule has 0 radical (unpaired) electrons. The van der Waals surface area contributed by atoms with Gasteiger partial charge in [-0.15, -0.1) is 0 Å². The molecule has 0 aliphatic heterocycles. The first-order valence-corrected chi connectivity index (χ1v) is 6.34. The third-order valence-corrected chi connectivity index (χ3v) is 3.84. The molecule has 1 saturated carbocycles. The summed E-state index contributed by atoms with van der Waals surface area (Å²) in [7, 11) is 0. The largest absolute Gasteiger partial charge is 0.329 e. The Morgan fingerprint density at radius 1 is 1.13 bits per heavy atom. The van der Waals surface area contributed by atoms with Crippen LogP contribution in [0.25, 0.3) is 0 Å². The predicted octanol–water partition coefficient (Wildman–Crippen LogP) is 2.53. The van der Waals surface area contributed by atoms with Crippen molar-refractivity contribution in [1.29, 1.82) is 0 Å². The van der Waals surface area contributed by atoms with Crippen LogP contribution in [0, 0.1) is 11.3 Å². The van der Waals surface area contributed by atoms with Crippen molar-refractivity contribution < 1.29 is 0 Å². The number of nitrogens with two attached hydrogens (primary N) is 1. The molecule has 1 rings (SSSR count). The lowest BCUT2D eigenvalue weighted by Gasteiger charge is -2.44. The number of hydrogen-bond acceptors (Lipinski definition) is 2. The summed E-state index contributed by atoms with van der Waals surface area (Å²) in [6, 6.07) is 0. The summed E-state index contributed by atoms with van der Waals surface area (Å²) in [5, 5.41) is 3.70. The average Bonchev–Trinajstić information content (AvgIpc) is 2.17. The average molecular weight is 212 g/mol. The summed E-state index contributed by atoms with van der Waals surface area (Å²) in [5.41, 5.74) is 6.71. The molecule has 0 amide bonds. The van der Waals surface area contributed by atoms with Gasteiger partial charge in [0.15, 0.2) is 0 Å². The Morgan fingerprint density at radius 3 is 2.07 bits per heavy atom. The van der Waals surface area contributed by atoms with Crippen LogP contribution in [0.4, 0.5) is 0 Å². The highest BCUT2D eigenvalue weighted by molar-refractivity contribution is 4.96. The minimum atomic E-state index is 0.236. The smallest absolute Gasteiger partial charge is 0.0304 e. The van der Waals surface area contributed by atoms with Gasteiger partial charge in [-0.2, -0.15) is 0 Å². The van der Waals surface area contributed by atoms with Crippen LogP contribution in [-0.2, 0) is 0 Å². The van der Waals surface area contributed by atoms with Gasteiger partial charge in [0, 0.05) is 12.1 Å². The van der Waals surface area contributed by atoms with E-state index in [1.807, 2.05) is 0 Å². The van der Waals surface area contributed by atoms with Crippen molar-refractivity contribution in [1.82, 2.24) is 5.32 Å². The molecule has 2 nitrogen and oxygen atoms in total. The van der Waals surface area contributed by atoms with E-state index in [4.69, 9.17) is 5.73 Å². The van der Waals surface area contributed by atoms with E-state index in [9.17, 15) is 0 Å². The molecule has 1 aliphatic rings. The van der Waals surface area contributed by atoms with Crippen molar-refractivity contribution in [3.63, 3.8) is 0 Å². The molecule has 90 valence electrons. The van der Waals surface area contributed by atoms with Gasteiger partial charge in [0.05, 0.1) is 0 Å². The molecule has 0 aromatic rings. The summed E-state index contributed by atoms with van der Waals surface area (Å²) < 4.78 is 0. The molecule has 1 fully saturated rings. The van der Waals surface area contributed by atoms with Crippen LogP contribution in [0.5, 0.6) is 0 Å². The fourth-order valence-corrected chi connectivity index (χ4v) is 2.28. The topological polar surface area (TPSA) is 38.0 Å². The van der Waals surface area contributed by atoms with Gasteiger partial charge in [-0.05, 0) is 43.6 Å². The Balaban J connectivity index is 2.49. The third kappa shape index (κ3) is 3.76. The maximum absolute atomic E-state index is 5.95. The van der Waals surface area contributed by atoms with E-state index in [0.717, 1.165) is 13.1 Å². The van der Waals surface area contributed by atoms with Crippen LogP contribution in [0.1, 0.15) is 53.4 Å². The Labute approximate surface area is 95.0 Å². The second-order valence-corrected chi connectivity index (χ2v) is 6.42. The Morgan fingerprint density at radius 2 is 1.67 bits per heavy atom. The van der Waals surface area contributed by atoms with Crippen molar-refractivity contribution >= 4 is 0 Å². The summed E-state index contributed by atoms with van der Waals surface area (Å²) in [5.74, 6) is 0.711. The van der Waals surface area contributed by atoms with Crippen LogP contribution in [0.15, 0.2) is 0 Å². The van der Waals surface area contributed by atoms with Gasteiger partial charge < -0.3 is 11.1 Å². The van der Waals surface area contributed by atoms with Gasteiger partial charge in [0.1, 0.15) is 0 Å². The van der Waals surface area contributed by atoms with E-state index < -0.39 is 0 Å². The molecule has 2 heteroatoms. The van der Waals surface area contributed by atoms with Gasteiger partial charge in [-0.1, -0.05) is 27.7 Å². The lowest BCUT2D eigenvalue weighted by molar-refractivity contribution is 0.137. The number of nitrogens with one attached hydrogen (secondary N) is 1. The Bertz CT molecular complexity index is 181. The molecule has 3 N–H and O–H groups in total. The quantitative estimate of drug-likeness (QED) is 0.751. The summed E-state index contributed by atoms with van der Waals surface area (Å²) in [6.45, 7) is 11.1. The first kappa shape index (κ1) is 13.0. The van der Waals surface area contributed by atoms with Gasteiger partial charge in [-0.25, -0.2) is 0 Å².